The summed E-state index contributed by atoms with van der Waals surface area (Å²) in [4.78, 5) is 12.2. The molecule has 0 fully saturated rings. The molecule has 0 aliphatic carbocycles. The molecule has 3 nitrogen and oxygen atoms in total. The lowest BCUT2D eigenvalue weighted by Gasteiger charge is -2.11. The smallest absolute Gasteiger partial charge is 0.204 e. The Morgan fingerprint density at radius 1 is 1.14 bits per heavy atom. The van der Waals surface area contributed by atoms with Crippen molar-refractivity contribution < 1.29 is 18.7 Å². The summed E-state index contributed by atoms with van der Waals surface area (Å²) in [7, 11) is 1.44. The third-order valence-corrected chi connectivity index (χ3v) is 3.17. The highest BCUT2D eigenvalue weighted by atomic mass is 19.1. The number of methoxy groups -OCH3 is 1. The van der Waals surface area contributed by atoms with E-state index in [4.69, 9.17) is 9.47 Å². The summed E-state index contributed by atoms with van der Waals surface area (Å²) in [5.41, 5.74) is 1.21. The molecule has 0 saturated carbocycles. The van der Waals surface area contributed by atoms with Crippen LogP contribution in [0.5, 0.6) is 11.5 Å². The first-order valence-electron chi connectivity index (χ1n) is 6.73. The summed E-state index contributed by atoms with van der Waals surface area (Å²) in [5, 5.41) is 0. The summed E-state index contributed by atoms with van der Waals surface area (Å²) in [6, 6.07) is 11.4. The molecule has 2 aromatic rings. The lowest BCUT2D eigenvalue weighted by molar-refractivity contribution is 0.0917. The van der Waals surface area contributed by atoms with Crippen LogP contribution < -0.4 is 9.47 Å². The molecule has 0 radical (unpaired) electrons. The number of carbonyl (C=O) groups is 1. The minimum Gasteiger partial charge on any atom is -0.496 e. The molecule has 0 spiro atoms. The Labute approximate surface area is 123 Å². The third kappa shape index (κ3) is 3.60. The van der Waals surface area contributed by atoms with E-state index in [9.17, 15) is 9.18 Å². The Morgan fingerprint density at radius 3 is 2.62 bits per heavy atom. The summed E-state index contributed by atoms with van der Waals surface area (Å²) in [6.07, 6.45) is 0.813. The minimum absolute atomic E-state index is 0.156. The third-order valence-electron chi connectivity index (χ3n) is 3.17. The fourth-order valence-electron chi connectivity index (χ4n) is 2.06. The van der Waals surface area contributed by atoms with Crippen molar-refractivity contribution in [3.05, 3.63) is 59.4 Å². The van der Waals surface area contributed by atoms with E-state index in [2.05, 4.69) is 0 Å². The van der Waals surface area contributed by atoms with Gasteiger partial charge in [-0.25, -0.2) is 4.39 Å². The number of rotatable bonds is 6. The molecule has 0 amide bonds. The second-order valence-corrected chi connectivity index (χ2v) is 4.52. The zero-order valence-electron chi connectivity index (χ0n) is 12.1. The van der Waals surface area contributed by atoms with Crippen molar-refractivity contribution in [1.82, 2.24) is 0 Å². The van der Waals surface area contributed by atoms with E-state index in [1.165, 1.54) is 19.2 Å². The predicted octanol–water partition coefficient (Wildman–Crippen LogP) is 3.66. The average Bonchev–Trinajstić information content (AvgIpc) is 2.52. The number of Topliss-reactive ketones (excluding diaryl/α,β-unsaturated/α-hetero) is 1. The number of ether oxygens (including phenoxy) is 2. The zero-order valence-corrected chi connectivity index (χ0v) is 12.1. The first-order valence-corrected chi connectivity index (χ1v) is 6.73. The quantitative estimate of drug-likeness (QED) is 0.761. The van der Waals surface area contributed by atoms with Crippen LogP contribution in [0.3, 0.4) is 0 Å². The van der Waals surface area contributed by atoms with Crippen LogP contribution in [0.4, 0.5) is 4.39 Å². The van der Waals surface area contributed by atoms with E-state index >= 15 is 0 Å². The van der Waals surface area contributed by atoms with Crippen LogP contribution in [-0.2, 0) is 6.42 Å². The zero-order chi connectivity index (χ0) is 15.2. The summed E-state index contributed by atoms with van der Waals surface area (Å²) in [5.74, 6) is 0.211. The van der Waals surface area contributed by atoms with Crippen LogP contribution in [0.15, 0.2) is 42.5 Å². The fourth-order valence-corrected chi connectivity index (χ4v) is 2.06. The first kappa shape index (κ1) is 15.0. The second kappa shape index (κ2) is 6.88. The maximum Gasteiger partial charge on any atom is 0.204 e. The van der Waals surface area contributed by atoms with E-state index in [0.29, 0.717) is 11.5 Å². The maximum atomic E-state index is 13.3. The van der Waals surface area contributed by atoms with Crippen LogP contribution in [0.1, 0.15) is 22.8 Å². The van der Waals surface area contributed by atoms with E-state index in [1.54, 1.807) is 0 Å². The van der Waals surface area contributed by atoms with Gasteiger partial charge in [-0.05, 0) is 36.2 Å². The number of hydrogen-bond acceptors (Lipinski definition) is 3. The van der Waals surface area contributed by atoms with E-state index in [1.807, 2.05) is 31.2 Å². The summed E-state index contributed by atoms with van der Waals surface area (Å²) < 4.78 is 23.9. The lowest BCUT2D eigenvalue weighted by Crippen LogP contribution is -2.13. The van der Waals surface area contributed by atoms with Gasteiger partial charge in [-0.2, -0.15) is 0 Å². The van der Waals surface area contributed by atoms with Crippen molar-refractivity contribution in [2.24, 2.45) is 0 Å². The average molecular weight is 288 g/mol. The minimum atomic E-state index is -0.479. The molecule has 0 aliphatic heterocycles. The maximum absolute atomic E-state index is 13.3. The molecule has 2 rings (SSSR count). The first-order chi connectivity index (χ1) is 10.2. The monoisotopic (exact) mass is 288 g/mol. The summed E-state index contributed by atoms with van der Waals surface area (Å²) in [6.45, 7) is 1.86. The largest absolute Gasteiger partial charge is 0.496 e. The van der Waals surface area contributed by atoms with Crippen LogP contribution in [-0.4, -0.2) is 19.5 Å². The fraction of sp³-hybridized carbons (Fsp3) is 0.235. The van der Waals surface area contributed by atoms with Crippen molar-refractivity contribution in [2.45, 2.75) is 13.3 Å². The molecule has 2 aromatic carbocycles. The highest BCUT2D eigenvalue weighted by molar-refractivity contribution is 5.99. The molecule has 0 saturated heterocycles. The highest BCUT2D eigenvalue weighted by Crippen LogP contribution is 2.22. The molecule has 0 atom stereocenters. The number of aryl methyl sites for hydroxylation is 1. The van der Waals surface area contributed by atoms with Gasteiger partial charge in [-0.15, -0.1) is 0 Å². The Hall–Kier alpha value is -2.36. The Bertz CT molecular complexity index is 638. The highest BCUT2D eigenvalue weighted by Gasteiger charge is 2.14. The number of ketones is 1. The molecular formula is C17H17FO3. The van der Waals surface area contributed by atoms with Gasteiger partial charge in [0.1, 0.15) is 17.3 Å². The van der Waals surface area contributed by atoms with Crippen LogP contribution in [0.25, 0.3) is 0 Å². The predicted molar refractivity (Wildman–Crippen MR) is 78.6 cm³/mol. The topological polar surface area (TPSA) is 35.5 Å². The molecule has 4 heteroatoms. The van der Waals surface area contributed by atoms with Gasteiger partial charge < -0.3 is 9.47 Å². The van der Waals surface area contributed by atoms with Crippen molar-refractivity contribution >= 4 is 5.78 Å². The molecule has 0 aliphatic rings. The standard InChI is InChI=1S/C17H17FO3/c1-3-12-6-4-5-7-16(12)21-11-15(19)14-10-13(18)8-9-17(14)20-2/h4-10H,3,11H2,1-2H3. The van der Waals surface area contributed by atoms with Gasteiger partial charge in [0.15, 0.2) is 6.61 Å². The van der Waals surface area contributed by atoms with Crippen molar-refractivity contribution in [3.8, 4) is 11.5 Å². The molecule has 0 N–H and O–H groups in total. The molecule has 0 heterocycles. The van der Waals surface area contributed by atoms with E-state index < -0.39 is 5.82 Å². The number of benzene rings is 2. The van der Waals surface area contributed by atoms with Crippen LogP contribution in [0, 0.1) is 5.82 Å². The van der Waals surface area contributed by atoms with Gasteiger partial charge >= 0.3 is 0 Å². The molecule has 21 heavy (non-hydrogen) atoms. The van der Waals surface area contributed by atoms with Crippen molar-refractivity contribution in [3.63, 3.8) is 0 Å². The number of para-hydroxylation sites is 1. The molecule has 0 unspecified atom stereocenters. The van der Waals surface area contributed by atoms with Gasteiger partial charge in [0.25, 0.3) is 0 Å². The molecule has 110 valence electrons. The van der Waals surface area contributed by atoms with Crippen LogP contribution >= 0.6 is 0 Å². The van der Waals surface area contributed by atoms with Crippen LogP contribution in [0.2, 0.25) is 0 Å². The van der Waals surface area contributed by atoms with Gasteiger partial charge in [0.2, 0.25) is 5.78 Å². The number of carbonyl (C=O) groups excluding carboxylic acids is 1. The molecule has 0 aromatic heterocycles. The summed E-state index contributed by atoms with van der Waals surface area (Å²) >= 11 is 0. The Morgan fingerprint density at radius 2 is 1.90 bits per heavy atom. The van der Waals surface area contributed by atoms with Crippen molar-refractivity contribution in [2.75, 3.05) is 13.7 Å². The number of halogens is 1. The number of hydrogen-bond donors (Lipinski definition) is 0. The Kier molecular flexibility index (Phi) is 4.93. The second-order valence-electron chi connectivity index (χ2n) is 4.52. The van der Waals surface area contributed by atoms with Gasteiger partial charge in [0, 0.05) is 0 Å². The molecular weight excluding hydrogens is 271 g/mol. The van der Waals surface area contributed by atoms with Gasteiger partial charge in [-0.1, -0.05) is 25.1 Å². The van der Waals surface area contributed by atoms with Gasteiger partial charge in [0.05, 0.1) is 12.7 Å². The Balaban J connectivity index is 2.13. The van der Waals surface area contributed by atoms with Crippen molar-refractivity contribution in [1.29, 1.82) is 0 Å². The SMILES string of the molecule is CCc1ccccc1OCC(=O)c1cc(F)ccc1OC. The lowest BCUT2D eigenvalue weighted by atomic mass is 10.1. The van der Waals surface area contributed by atoms with E-state index in [-0.39, 0.29) is 18.0 Å². The van der Waals surface area contributed by atoms with E-state index in [0.717, 1.165) is 18.1 Å². The normalized spacial score (nSPS) is 10.2. The van der Waals surface area contributed by atoms with Gasteiger partial charge in [-0.3, -0.25) is 4.79 Å². The molecule has 0 bridgehead atoms.